The number of benzene rings is 1. The van der Waals surface area contributed by atoms with E-state index < -0.39 is 11.9 Å². The summed E-state index contributed by atoms with van der Waals surface area (Å²) in [7, 11) is 0. The molecule has 4 rings (SSSR count). The number of carbonyl (C=O) groups excluding carboxylic acids is 2. The summed E-state index contributed by atoms with van der Waals surface area (Å²) in [6.45, 7) is 4.56. The Hall–Kier alpha value is -3.13. The quantitative estimate of drug-likeness (QED) is 0.408. The summed E-state index contributed by atoms with van der Waals surface area (Å²) in [5, 5.41) is 3.35. The van der Waals surface area contributed by atoms with Gasteiger partial charge in [-0.3, -0.25) is 4.79 Å². The molecule has 6 nitrogen and oxygen atoms in total. The molecule has 1 aliphatic rings. The van der Waals surface area contributed by atoms with E-state index in [0.717, 1.165) is 36.1 Å². The summed E-state index contributed by atoms with van der Waals surface area (Å²) in [6, 6.07) is 8.86. The van der Waals surface area contributed by atoms with Crippen molar-refractivity contribution in [2.24, 2.45) is 5.92 Å². The molecule has 0 aliphatic heterocycles. The van der Waals surface area contributed by atoms with Gasteiger partial charge in [0.2, 0.25) is 0 Å². The zero-order chi connectivity index (χ0) is 23.4. The van der Waals surface area contributed by atoms with Crippen molar-refractivity contribution >= 4 is 28.2 Å². The largest absolute Gasteiger partial charge is 0.486 e. The van der Waals surface area contributed by atoms with E-state index in [1.807, 2.05) is 6.92 Å². The highest BCUT2D eigenvalue weighted by molar-refractivity contribution is 7.17. The van der Waals surface area contributed by atoms with Crippen LogP contribution < -0.4 is 10.1 Å². The molecule has 0 bridgehead atoms. The Morgan fingerprint density at radius 3 is 2.76 bits per heavy atom. The van der Waals surface area contributed by atoms with E-state index in [2.05, 4.69) is 12.2 Å². The molecule has 1 amide bonds. The van der Waals surface area contributed by atoms with Crippen LogP contribution in [0, 0.1) is 11.7 Å². The fourth-order valence-corrected chi connectivity index (χ4v) is 5.14. The van der Waals surface area contributed by atoms with Crippen LogP contribution in [0.1, 0.15) is 63.8 Å². The lowest BCUT2D eigenvalue weighted by Crippen LogP contribution is -2.16. The number of ether oxygens (including phenoxy) is 2. The van der Waals surface area contributed by atoms with Crippen LogP contribution >= 0.6 is 11.3 Å². The van der Waals surface area contributed by atoms with E-state index in [9.17, 15) is 14.0 Å². The van der Waals surface area contributed by atoms with E-state index in [-0.39, 0.29) is 18.2 Å². The number of rotatable bonds is 8. The summed E-state index contributed by atoms with van der Waals surface area (Å²) in [6.07, 6.45) is 3.41. The van der Waals surface area contributed by atoms with Gasteiger partial charge in [-0.15, -0.1) is 11.3 Å². The normalized spacial score (nSPS) is 15.1. The third-order valence-electron chi connectivity index (χ3n) is 5.46. The molecular weight excluding hydrogens is 445 g/mol. The van der Waals surface area contributed by atoms with Gasteiger partial charge in [-0.05, 0) is 73.6 Å². The Balaban J connectivity index is 1.47. The van der Waals surface area contributed by atoms with Crippen LogP contribution in [0.25, 0.3) is 0 Å². The van der Waals surface area contributed by atoms with E-state index in [0.29, 0.717) is 34.6 Å². The number of nitrogens with one attached hydrogen (secondary N) is 1. The standard InChI is InChI=1S/C25H26FNO5S/c1-3-12-30-25(29)22-19-10-4-15(2)13-21(19)33-24(22)27-23(28)20-11-9-18(32-20)14-31-17-7-5-16(26)6-8-17/h5-9,11,15H,3-4,10,12-14H2,1-2H3,(H,27,28)/t15-/m1/s1. The first-order valence-corrected chi connectivity index (χ1v) is 11.9. The van der Waals surface area contributed by atoms with Crippen LogP contribution in [0.4, 0.5) is 9.39 Å². The lowest BCUT2D eigenvalue weighted by atomic mass is 9.88. The topological polar surface area (TPSA) is 77.8 Å². The number of halogens is 1. The maximum absolute atomic E-state index is 13.0. The predicted octanol–water partition coefficient (Wildman–Crippen LogP) is 6.00. The van der Waals surface area contributed by atoms with Gasteiger partial charge >= 0.3 is 5.97 Å². The van der Waals surface area contributed by atoms with E-state index in [4.69, 9.17) is 13.9 Å². The summed E-state index contributed by atoms with van der Waals surface area (Å²) in [5.41, 5.74) is 1.46. The monoisotopic (exact) mass is 471 g/mol. The maximum atomic E-state index is 13.0. The van der Waals surface area contributed by atoms with Crippen LogP contribution in [-0.4, -0.2) is 18.5 Å². The van der Waals surface area contributed by atoms with Crippen LogP contribution in [0.5, 0.6) is 5.75 Å². The Morgan fingerprint density at radius 2 is 2.00 bits per heavy atom. The minimum atomic E-state index is -0.445. The van der Waals surface area contributed by atoms with Crippen molar-refractivity contribution in [2.45, 2.75) is 46.1 Å². The van der Waals surface area contributed by atoms with E-state index >= 15 is 0 Å². The van der Waals surface area contributed by atoms with Crippen molar-refractivity contribution < 1.29 is 27.9 Å². The lowest BCUT2D eigenvalue weighted by Gasteiger charge is -2.18. The Bertz CT molecular complexity index is 1130. The minimum Gasteiger partial charge on any atom is -0.486 e. The molecule has 3 aromatic rings. The average Bonchev–Trinajstić information content (AvgIpc) is 3.41. The molecule has 0 fully saturated rings. The summed E-state index contributed by atoms with van der Waals surface area (Å²) < 4.78 is 29.6. The molecule has 0 radical (unpaired) electrons. The highest BCUT2D eigenvalue weighted by atomic mass is 32.1. The first-order valence-electron chi connectivity index (χ1n) is 11.0. The highest BCUT2D eigenvalue weighted by Crippen LogP contribution is 2.40. The number of hydrogen-bond acceptors (Lipinski definition) is 6. The average molecular weight is 472 g/mol. The van der Waals surface area contributed by atoms with Gasteiger partial charge in [0.15, 0.2) is 5.76 Å². The maximum Gasteiger partial charge on any atom is 0.341 e. The summed E-state index contributed by atoms with van der Waals surface area (Å²) >= 11 is 1.44. The van der Waals surface area contributed by atoms with E-state index in [1.54, 1.807) is 12.1 Å². The van der Waals surface area contributed by atoms with Crippen molar-refractivity contribution in [3.05, 3.63) is 69.7 Å². The van der Waals surface area contributed by atoms with Crippen molar-refractivity contribution in [2.75, 3.05) is 11.9 Å². The number of anilines is 1. The minimum absolute atomic E-state index is 0.0959. The molecule has 1 aliphatic carbocycles. The molecule has 33 heavy (non-hydrogen) atoms. The third-order valence-corrected chi connectivity index (χ3v) is 6.63. The van der Waals surface area contributed by atoms with Gasteiger partial charge in [0.1, 0.15) is 28.9 Å². The molecule has 1 atom stereocenters. The third kappa shape index (κ3) is 5.45. The van der Waals surface area contributed by atoms with Crippen molar-refractivity contribution in [1.29, 1.82) is 0 Å². The van der Waals surface area contributed by atoms with Gasteiger partial charge in [-0.1, -0.05) is 13.8 Å². The Kier molecular flexibility index (Phi) is 7.13. The molecule has 1 aromatic carbocycles. The zero-order valence-electron chi connectivity index (χ0n) is 18.6. The lowest BCUT2D eigenvalue weighted by molar-refractivity contribution is 0.0505. The second-order valence-electron chi connectivity index (χ2n) is 8.15. The Labute approximate surface area is 195 Å². The van der Waals surface area contributed by atoms with Crippen molar-refractivity contribution in [3.8, 4) is 5.75 Å². The smallest absolute Gasteiger partial charge is 0.341 e. The number of furan rings is 1. The SMILES string of the molecule is CCCOC(=O)c1c(NC(=O)c2ccc(COc3ccc(F)cc3)o2)sc2c1CC[C@@H](C)C2. The van der Waals surface area contributed by atoms with Crippen LogP contribution in [0.15, 0.2) is 40.8 Å². The molecule has 8 heteroatoms. The fraction of sp³-hybridized carbons (Fsp3) is 0.360. The molecule has 1 N–H and O–H groups in total. The van der Waals surface area contributed by atoms with Gasteiger partial charge in [0, 0.05) is 4.88 Å². The van der Waals surface area contributed by atoms with Gasteiger partial charge in [-0.2, -0.15) is 0 Å². The predicted molar refractivity (Wildman–Crippen MR) is 123 cm³/mol. The summed E-state index contributed by atoms with van der Waals surface area (Å²) in [5.74, 6) is 0.403. The van der Waals surface area contributed by atoms with Crippen molar-refractivity contribution in [3.63, 3.8) is 0 Å². The molecule has 0 saturated heterocycles. The molecule has 174 valence electrons. The number of thiophene rings is 1. The molecule has 0 saturated carbocycles. The number of hydrogen-bond donors (Lipinski definition) is 1. The zero-order valence-corrected chi connectivity index (χ0v) is 19.4. The number of carbonyl (C=O) groups is 2. The van der Waals surface area contributed by atoms with Crippen LogP contribution in [0.2, 0.25) is 0 Å². The first kappa shape index (κ1) is 23.0. The number of esters is 1. The van der Waals surface area contributed by atoms with Crippen molar-refractivity contribution in [1.82, 2.24) is 0 Å². The Morgan fingerprint density at radius 1 is 1.21 bits per heavy atom. The van der Waals surface area contributed by atoms with Gasteiger partial charge in [0.25, 0.3) is 5.91 Å². The molecule has 2 heterocycles. The molecule has 0 unspecified atom stereocenters. The van der Waals surface area contributed by atoms with Crippen LogP contribution in [0.3, 0.4) is 0 Å². The second-order valence-corrected chi connectivity index (χ2v) is 9.26. The van der Waals surface area contributed by atoms with Gasteiger partial charge in [0.05, 0.1) is 12.2 Å². The van der Waals surface area contributed by atoms with Crippen LogP contribution in [-0.2, 0) is 24.2 Å². The summed E-state index contributed by atoms with van der Waals surface area (Å²) in [4.78, 5) is 26.8. The van der Waals surface area contributed by atoms with E-state index in [1.165, 1.54) is 35.6 Å². The molecule has 2 aromatic heterocycles. The number of amides is 1. The molecular formula is C25H26FNO5S. The van der Waals surface area contributed by atoms with Gasteiger partial charge in [-0.25, -0.2) is 9.18 Å². The molecule has 0 spiro atoms. The fourth-order valence-electron chi connectivity index (χ4n) is 3.75. The number of fused-ring (bicyclic) bond motifs is 1. The second kappa shape index (κ2) is 10.2. The van der Waals surface area contributed by atoms with Gasteiger partial charge < -0.3 is 19.2 Å². The highest BCUT2D eigenvalue weighted by Gasteiger charge is 2.29. The first-order chi connectivity index (χ1) is 15.9.